The number of pyridine rings is 1. The first kappa shape index (κ1) is 16.9. The fourth-order valence-corrected chi connectivity index (χ4v) is 4.08. The first-order valence-electron chi connectivity index (χ1n) is 8.09. The Morgan fingerprint density at radius 3 is 2.62 bits per heavy atom. The summed E-state index contributed by atoms with van der Waals surface area (Å²) in [5, 5.41) is 3.82. The van der Waals surface area contributed by atoms with Gasteiger partial charge in [0, 0.05) is 28.4 Å². The Morgan fingerprint density at radius 2 is 2.05 bits per heavy atom. The highest BCUT2D eigenvalue weighted by atomic mass is 79.9. The summed E-state index contributed by atoms with van der Waals surface area (Å²) < 4.78 is 1.07. The van der Waals surface area contributed by atoms with E-state index >= 15 is 0 Å². The molecule has 1 atom stereocenters. The van der Waals surface area contributed by atoms with Gasteiger partial charge in [-0.25, -0.2) is 0 Å². The Bertz CT molecular complexity index is 441. The highest BCUT2D eigenvalue weighted by Gasteiger charge is 2.42. The van der Waals surface area contributed by atoms with Crippen LogP contribution in [-0.4, -0.2) is 42.1 Å². The van der Waals surface area contributed by atoms with Gasteiger partial charge in [-0.2, -0.15) is 0 Å². The van der Waals surface area contributed by atoms with Gasteiger partial charge in [0.25, 0.3) is 0 Å². The molecule has 4 heteroatoms. The molecule has 1 heterocycles. The minimum atomic E-state index is 0.289. The molecule has 2 rings (SSSR count). The van der Waals surface area contributed by atoms with Crippen LogP contribution in [0.15, 0.2) is 22.9 Å². The molecule has 1 aliphatic carbocycles. The highest BCUT2D eigenvalue weighted by molar-refractivity contribution is 9.10. The van der Waals surface area contributed by atoms with Gasteiger partial charge in [0.15, 0.2) is 0 Å². The second kappa shape index (κ2) is 7.70. The predicted octanol–water partition coefficient (Wildman–Crippen LogP) is 3.63. The molecule has 0 saturated heterocycles. The second-order valence-corrected chi connectivity index (χ2v) is 7.34. The molecule has 0 spiro atoms. The quantitative estimate of drug-likeness (QED) is 0.811. The smallest absolute Gasteiger partial charge is 0.0410 e. The molecular formula is C17H28BrN3. The van der Waals surface area contributed by atoms with Gasteiger partial charge in [0.1, 0.15) is 0 Å². The molecule has 1 saturated carbocycles. The van der Waals surface area contributed by atoms with Crippen molar-refractivity contribution in [1.29, 1.82) is 0 Å². The summed E-state index contributed by atoms with van der Waals surface area (Å²) in [6, 6.07) is 2.69. The van der Waals surface area contributed by atoms with Crippen molar-refractivity contribution in [3.63, 3.8) is 0 Å². The maximum atomic E-state index is 4.32. The van der Waals surface area contributed by atoms with Gasteiger partial charge in [0.2, 0.25) is 0 Å². The number of likely N-dealkylation sites (N-methyl/N-ethyl adjacent to an activating group) is 1. The molecule has 1 aromatic rings. The third-order valence-electron chi connectivity index (χ3n) is 4.85. The molecular weight excluding hydrogens is 326 g/mol. The van der Waals surface area contributed by atoms with Crippen LogP contribution in [0.2, 0.25) is 0 Å². The van der Waals surface area contributed by atoms with Crippen LogP contribution in [0.1, 0.15) is 44.6 Å². The van der Waals surface area contributed by atoms with Crippen molar-refractivity contribution in [2.45, 2.75) is 57.0 Å². The van der Waals surface area contributed by atoms with Crippen molar-refractivity contribution in [3.05, 3.63) is 28.5 Å². The topological polar surface area (TPSA) is 28.2 Å². The van der Waals surface area contributed by atoms with E-state index in [-0.39, 0.29) is 5.54 Å². The first-order valence-corrected chi connectivity index (χ1v) is 8.88. The molecule has 118 valence electrons. The lowest BCUT2D eigenvalue weighted by Crippen LogP contribution is -2.58. The number of rotatable bonds is 7. The zero-order valence-corrected chi connectivity index (χ0v) is 15.1. The number of nitrogens with zero attached hydrogens (tertiary/aromatic N) is 2. The van der Waals surface area contributed by atoms with Crippen LogP contribution in [0, 0.1) is 0 Å². The van der Waals surface area contributed by atoms with E-state index < -0.39 is 0 Å². The lowest BCUT2D eigenvalue weighted by Gasteiger charge is -2.44. The summed E-state index contributed by atoms with van der Waals surface area (Å²) in [6.07, 6.45) is 11.4. The maximum absolute atomic E-state index is 4.32. The summed E-state index contributed by atoms with van der Waals surface area (Å²) in [6.45, 7) is 3.32. The van der Waals surface area contributed by atoms with Gasteiger partial charge >= 0.3 is 0 Å². The SMILES string of the molecule is CCCNC(Cc1cncc(Br)c1)C1(N(C)C)CCCC1. The number of hydrogen-bond donors (Lipinski definition) is 1. The van der Waals surface area contributed by atoms with Gasteiger partial charge in [0.05, 0.1) is 0 Å². The second-order valence-electron chi connectivity index (χ2n) is 6.43. The average molecular weight is 354 g/mol. The molecule has 0 aliphatic heterocycles. The van der Waals surface area contributed by atoms with Crippen LogP contribution in [0.5, 0.6) is 0 Å². The Hall–Kier alpha value is -0.450. The van der Waals surface area contributed by atoms with E-state index in [0.717, 1.165) is 17.4 Å². The van der Waals surface area contributed by atoms with Crippen LogP contribution < -0.4 is 5.32 Å². The molecule has 21 heavy (non-hydrogen) atoms. The van der Waals surface area contributed by atoms with Crippen LogP contribution in [0.3, 0.4) is 0 Å². The number of aromatic nitrogens is 1. The van der Waals surface area contributed by atoms with Crippen LogP contribution in [-0.2, 0) is 6.42 Å². The molecule has 0 aromatic carbocycles. The van der Waals surface area contributed by atoms with Gasteiger partial charge in [-0.05, 0) is 73.9 Å². The molecule has 1 unspecified atom stereocenters. The van der Waals surface area contributed by atoms with E-state index in [1.165, 1.54) is 37.7 Å². The van der Waals surface area contributed by atoms with Gasteiger partial charge in [-0.3, -0.25) is 4.98 Å². The van der Waals surface area contributed by atoms with E-state index in [4.69, 9.17) is 0 Å². The summed E-state index contributed by atoms with van der Waals surface area (Å²) in [5.41, 5.74) is 1.60. The van der Waals surface area contributed by atoms with Crippen molar-refractivity contribution in [2.24, 2.45) is 0 Å². The summed E-state index contributed by atoms with van der Waals surface area (Å²) in [7, 11) is 4.48. The third-order valence-corrected chi connectivity index (χ3v) is 5.28. The fourth-order valence-electron chi connectivity index (χ4n) is 3.67. The maximum Gasteiger partial charge on any atom is 0.0410 e. The Kier molecular flexibility index (Phi) is 6.20. The Morgan fingerprint density at radius 1 is 1.33 bits per heavy atom. The van der Waals surface area contributed by atoms with Gasteiger partial charge < -0.3 is 10.2 Å². The molecule has 1 aliphatic rings. The molecule has 1 N–H and O–H groups in total. The minimum Gasteiger partial charge on any atom is -0.312 e. The number of nitrogens with one attached hydrogen (secondary N) is 1. The molecule has 0 radical (unpaired) electrons. The van der Waals surface area contributed by atoms with E-state index in [9.17, 15) is 0 Å². The normalized spacial score (nSPS) is 19.1. The van der Waals surface area contributed by atoms with E-state index in [1.807, 2.05) is 12.4 Å². The molecule has 1 fully saturated rings. The number of hydrogen-bond acceptors (Lipinski definition) is 3. The van der Waals surface area contributed by atoms with Gasteiger partial charge in [-0.15, -0.1) is 0 Å². The predicted molar refractivity (Wildman–Crippen MR) is 92.6 cm³/mol. The van der Waals surface area contributed by atoms with E-state index in [2.05, 4.69) is 58.2 Å². The molecule has 0 bridgehead atoms. The Labute approximate surface area is 137 Å². The van der Waals surface area contributed by atoms with Crippen LogP contribution in [0.25, 0.3) is 0 Å². The summed E-state index contributed by atoms with van der Waals surface area (Å²) in [4.78, 5) is 6.78. The monoisotopic (exact) mass is 353 g/mol. The van der Waals surface area contributed by atoms with Crippen molar-refractivity contribution < 1.29 is 0 Å². The van der Waals surface area contributed by atoms with E-state index in [0.29, 0.717) is 6.04 Å². The summed E-state index contributed by atoms with van der Waals surface area (Å²) in [5.74, 6) is 0. The number of halogens is 1. The largest absolute Gasteiger partial charge is 0.312 e. The van der Waals surface area contributed by atoms with Crippen molar-refractivity contribution in [3.8, 4) is 0 Å². The van der Waals surface area contributed by atoms with E-state index in [1.54, 1.807) is 0 Å². The van der Waals surface area contributed by atoms with Crippen LogP contribution >= 0.6 is 15.9 Å². The van der Waals surface area contributed by atoms with Crippen molar-refractivity contribution in [2.75, 3.05) is 20.6 Å². The average Bonchev–Trinajstić information content (AvgIpc) is 2.94. The fraction of sp³-hybridized carbons (Fsp3) is 0.706. The highest BCUT2D eigenvalue weighted by Crippen LogP contribution is 2.38. The molecule has 3 nitrogen and oxygen atoms in total. The van der Waals surface area contributed by atoms with Crippen molar-refractivity contribution >= 4 is 15.9 Å². The lowest BCUT2D eigenvalue weighted by atomic mass is 9.83. The van der Waals surface area contributed by atoms with Gasteiger partial charge in [-0.1, -0.05) is 19.8 Å². The lowest BCUT2D eigenvalue weighted by molar-refractivity contribution is 0.104. The molecule has 1 aromatic heterocycles. The van der Waals surface area contributed by atoms with Crippen LogP contribution in [0.4, 0.5) is 0 Å². The zero-order valence-electron chi connectivity index (χ0n) is 13.5. The zero-order chi connectivity index (χ0) is 15.3. The minimum absolute atomic E-state index is 0.289. The summed E-state index contributed by atoms with van der Waals surface area (Å²) >= 11 is 3.54. The molecule has 0 amide bonds. The first-order chi connectivity index (χ1) is 10.1. The standard InChI is InChI=1S/C17H28BrN3/c1-4-9-20-16(11-14-10-15(18)13-19-12-14)17(21(2)3)7-5-6-8-17/h10,12-13,16,20H,4-9,11H2,1-3H3. The Balaban J connectivity index is 2.20. The van der Waals surface area contributed by atoms with Crippen molar-refractivity contribution in [1.82, 2.24) is 15.2 Å². The third kappa shape index (κ3) is 4.05.